The fourth-order valence-electron chi connectivity index (χ4n) is 1.96. The molecule has 2 rings (SSSR count). The number of ether oxygens (including phenoxy) is 1. The Hall–Kier alpha value is -1.89. The Morgan fingerprint density at radius 3 is 2.59 bits per heavy atom. The van der Waals surface area contributed by atoms with Crippen molar-refractivity contribution in [2.24, 2.45) is 0 Å². The van der Waals surface area contributed by atoms with Gasteiger partial charge in [-0.1, -0.05) is 0 Å². The third kappa shape index (κ3) is 2.14. The van der Waals surface area contributed by atoms with Crippen molar-refractivity contribution >= 4 is 11.9 Å². The van der Waals surface area contributed by atoms with Gasteiger partial charge in [-0.05, 0) is 19.3 Å². The molecule has 2 heterocycles. The highest BCUT2D eigenvalue weighted by molar-refractivity contribution is 5.94. The van der Waals surface area contributed by atoms with E-state index in [1.807, 2.05) is 0 Å². The maximum atomic E-state index is 11.0. The van der Waals surface area contributed by atoms with Gasteiger partial charge in [-0.3, -0.25) is 5.10 Å². The Morgan fingerprint density at radius 1 is 1.29 bits per heavy atom. The molecule has 0 aromatic carbocycles. The number of carbonyl (C=O) groups is 2. The lowest BCUT2D eigenvalue weighted by Gasteiger charge is -2.22. The molecule has 7 nitrogen and oxygen atoms in total. The second kappa shape index (κ2) is 4.54. The highest BCUT2D eigenvalue weighted by atomic mass is 16.5. The van der Waals surface area contributed by atoms with Gasteiger partial charge in [-0.2, -0.15) is 5.10 Å². The first-order chi connectivity index (χ1) is 8.11. The van der Waals surface area contributed by atoms with E-state index in [0.29, 0.717) is 13.0 Å². The van der Waals surface area contributed by atoms with Gasteiger partial charge in [0.05, 0.1) is 6.10 Å². The molecule has 1 aliphatic rings. The SMILES string of the molecule is O=C(O)c1n[nH]c(C(=O)O)c1C1CCCCO1. The van der Waals surface area contributed by atoms with Crippen molar-refractivity contribution in [2.75, 3.05) is 6.61 Å². The summed E-state index contributed by atoms with van der Waals surface area (Å²) in [4.78, 5) is 21.9. The molecule has 0 saturated carbocycles. The first kappa shape index (κ1) is 11.6. The van der Waals surface area contributed by atoms with Crippen molar-refractivity contribution in [3.63, 3.8) is 0 Å². The predicted octanol–water partition coefficient (Wildman–Crippen LogP) is 1.05. The molecule has 0 spiro atoms. The average molecular weight is 240 g/mol. The summed E-state index contributed by atoms with van der Waals surface area (Å²) in [6.07, 6.45) is 1.90. The van der Waals surface area contributed by atoms with Crippen molar-refractivity contribution in [2.45, 2.75) is 25.4 Å². The van der Waals surface area contributed by atoms with Crippen LogP contribution in [0, 0.1) is 0 Å². The zero-order valence-electron chi connectivity index (χ0n) is 8.97. The van der Waals surface area contributed by atoms with Gasteiger partial charge in [0.2, 0.25) is 0 Å². The number of rotatable bonds is 3. The fraction of sp³-hybridized carbons (Fsp3) is 0.500. The van der Waals surface area contributed by atoms with Crippen LogP contribution in [-0.4, -0.2) is 39.0 Å². The van der Waals surface area contributed by atoms with Crippen molar-refractivity contribution in [3.05, 3.63) is 17.0 Å². The quantitative estimate of drug-likeness (QED) is 0.727. The summed E-state index contributed by atoms with van der Waals surface area (Å²) in [6, 6.07) is 0. The summed E-state index contributed by atoms with van der Waals surface area (Å²) in [5.74, 6) is -2.48. The molecule has 0 aliphatic carbocycles. The van der Waals surface area contributed by atoms with E-state index < -0.39 is 18.0 Å². The zero-order valence-corrected chi connectivity index (χ0v) is 8.97. The molecule has 1 saturated heterocycles. The van der Waals surface area contributed by atoms with Crippen LogP contribution in [0.4, 0.5) is 0 Å². The maximum Gasteiger partial charge on any atom is 0.356 e. The Balaban J connectivity index is 2.43. The highest BCUT2D eigenvalue weighted by Crippen LogP contribution is 2.31. The standard InChI is InChI=1S/C10H12N2O5/c13-9(14)7-6(5-3-1-2-4-17-5)8(10(15)16)12-11-7/h5H,1-4H2,(H,11,12)(H,13,14)(H,15,16). The van der Waals surface area contributed by atoms with E-state index in [9.17, 15) is 9.59 Å². The average Bonchev–Trinajstić information content (AvgIpc) is 2.74. The summed E-state index contributed by atoms with van der Waals surface area (Å²) in [5, 5.41) is 23.7. The lowest BCUT2D eigenvalue weighted by Crippen LogP contribution is -2.17. The smallest absolute Gasteiger partial charge is 0.356 e. The van der Waals surface area contributed by atoms with Crippen LogP contribution in [0.3, 0.4) is 0 Å². The van der Waals surface area contributed by atoms with Crippen LogP contribution in [0.2, 0.25) is 0 Å². The number of aromatic amines is 1. The monoisotopic (exact) mass is 240 g/mol. The van der Waals surface area contributed by atoms with E-state index in [4.69, 9.17) is 14.9 Å². The second-order valence-electron chi connectivity index (χ2n) is 3.83. The molecule has 1 unspecified atom stereocenters. The van der Waals surface area contributed by atoms with Gasteiger partial charge >= 0.3 is 11.9 Å². The van der Waals surface area contributed by atoms with E-state index >= 15 is 0 Å². The van der Waals surface area contributed by atoms with E-state index in [1.165, 1.54) is 0 Å². The predicted molar refractivity (Wildman–Crippen MR) is 55.1 cm³/mol. The minimum Gasteiger partial charge on any atom is -0.477 e. The Bertz CT molecular complexity index is 416. The van der Waals surface area contributed by atoms with Crippen LogP contribution >= 0.6 is 0 Å². The number of nitrogens with zero attached hydrogens (tertiary/aromatic N) is 1. The molecule has 7 heteroatoms. The third-order valence-corrected chi connectivity index (χ3v) is 2.72. The molecule has 0 bridgehead atoms. The van der Waals surface area contributed by atoms with E-state index in [2.05, 4.69) is 10.2 Å². The van der Waals surface area contributed by atoms with Crippen molar-refractivity contribution in [1.29, 1.82) is 0 Å². The van der Waals surface area contributed by atoms with Gasteiger partial charge in [0.1, 0.15) is 5.69 Å². The molecule has 1 aliphatic heterocycles. The van der Waals surface area contributed by atoms with Crippen LogP contribution in [-0.2, 0) is 4.74 Å². The Morgan fingerprint density at radius 2 is 2.06 bits per heavy atom. The maximum absolute atomic E-state index is 11.0. The summed E-state index contributed by atoms with van der Waals surface area (Å²) >= 11 is 0. The number of hydrogen-bond donors (Lipinski definition) is 3. The number of nitrogens with one attached hydrogen (secondary N) is 1. The topological polar surface area (TPSA) is 113 Å². The minimum absolute atomic E-state index is 0.143. The van der Waals surface area contributed by atoms with Crippen molar-refractivity contribution in [1.82, 2.24) is 10.2 Å². The molecular formula is C10H12N2O5. The highest BCUT2D eigenvalue weighted by Gasteiger charge is 2.30. The molecule has 0 radical (unpaired) electrons. The summed E-state index contributed by atoms with van der Waals surface area (Å²) in [5.41, 5.74) is -0.326. The van der Waals surface area contributed by atoms with Gasteiger partial charge < -0.3 is 14.9 Å². The minimum atomic E-state index is -1.25. The first-order valence-electron chi connectivity index (χ1n) is 5.27. The summed E-state index contributed by atoms with van der Waals surface area (Å²) < 4.78 is 5.42. The number of carboxylic acids is 2. The molecule has 1 aromatic rings. The first-order valence-corrected chi connectivity index (χ1v) is 5.27. The molecule has 0 amide bonds. The molecular weight excluding hydrogens is 228 g/mol. The molecule has 3 N–H and O–H groups in total. The van der Waals surface area contributed by atoms with Crippen LogP contribution < -0.4 is 0 Å². The Labute approximate surface area is 96.4 Å². The summed E-state index contributed by atoms with van der Waals surface area (Å²) in [6.45, 7) is 0.508. The van der Waals surface area contributed by atoms with Crippen LogP contribution in [0.5, 0.6) is 0 Å². The van der Waals surface area contributed by atoms with Gasteiger partial charge in [-0.25, -0.2) is 9.59 Å². The lowest BCUT2D eigenvalue weighted by molar-refractivity contribution is 0.0129. The number of aromatic carboxylic acids is 2. The molecule has 1 atom stereocenters. The number of carboxylic acid groups (broad SMARTS) is 2. The van der Waals surface area contributed by atoms with E-state index in [-0.39, 0.29) is 17.0 Å². The van der Waals surface area contributed by atoms with Crippen LogP contribution in [0.1, 0.15) is 51.9 Å². The lowest BCUT2D eigenvalue weighted by atomic mass is 9.99. The Kier molecular flexibility index (Phi) is 3.10. The van der Waals surface area contributed by atoms with Gasteiger partial charge in [0.25, 0.3) is 0 Å². The number of aromatic nitrogens is 2. The summed E-state index contributed by atoms with van der Waals surface area (Å²) in [7, 11) is 0. The molecule has 1 fully saturated rings. The molecule has 17 heavy (non-hydrogen) atoms. The second-order valence-corrected chi connectivity index (χ2v) is 3.83. The van der Waals surface area contributed by atoms with Crippen LogP contribution in [0.15, 0.2) is 0 Å². The van der Waals surface area contributed by atoms with E-state index in [1.54, 1.807) is 0 Å². The van der Waals surface area contributed by atoms with Crippen LogP contribution in [0.25, 0.3) is 0 Å². The molecule has 92 valence electrons. The number of H-pyrrole nitrogens is 1. The molecule has 1 aromatic heterocycles. The fourth-order valence-corrected chi connectivity index (χ4v) is 1.96. The van der Waals surface area contributed by atoms with Gasteiger partial charge in [0.15, 0.2) is 5.69 Å². The number of hydrogen-bond acceptors (Lipinski definition) is 4. The van der Waals surface area contributed by atoms with Gasteiger partial charge in [-0.15, -0.1) is 0 Å². The largest absolute Gasteiger partial charge is 0.477 e. The third-order valence-electron chi connectivity index (χ3n) is 2.72. The van der Waals surface area contributed by atoms with E-state index in [0.717, 1.165) is 12.8 Å². The van der Waals surface area contributed by atoms with Gasteiger partial charge in [0, 0.05) is 12.2 Å². The van der Waals surface area contributed by atoms with Crippen molar-refractivity contribution < 1.29 is 24.5 Å². The van der Waals surface area contributed by atoms with Crippen molar-refractivity contribution in [3.8, 4) is 0 Å². The zero-order chi connectivity index (χ0) is 12.4. The normalized spacial score (nSPS) is 20.1.